The maximum atomic E-state index is 13.4. The summed E-state index contributed by atoms with van der Waals surface area (Å²) in [6.07, 6.45) is 1.61. The van der Waals surface area contributed by atoms with E-state index in [1.54, 1.807) is 24.4 Å². The number of aromatic nitrogens is 2. The number of amides is 1. The van der Waals surface area contributed by atoms with Crippen LogP contribution < -0.4 is 4.90 Å². The molecule has 176 valence electrons. The number of nitrogens with zero attached hydrogens (tertiary/aromatic N) is 3. The van der Waals surface area contributed by atoms with Gasteiger partial charge in [-0.05, 0) is 61.2 Å². The molecule has 5 rings (SSSR count). The van der Waals surface area contributed by atoms with E-state index in [-0.39, 0.29) is 11.3 Å². The first kappa shape index (κ1) is 22.9. The second kappa shape index (κ2) is 8.74. The highest BCUT2D eigenvalue weighted by Gasteiger charge is 2.49. The van der Waals surface area contributed by atoms with Gasteiger partial charge in [0.1, 0.15) is 11.8 Å². The van der Waals surface area contributed by atoms with Crippen molar-refractivity contribution in [3.8, 4) is 0 Å². The van der Waals surface area contributed by atoms with Crippen molar-refractivity contribution in [3.05, 3.63) is 94.3 Å². The molecule has 7 heteroatoms. The van der Waals surface area contributed by atoms with E-state index >= 15 is 0 Å². The monoisotopic (exact) mass is 483 g/mol. The van der Waals surface area contributed by atoms with Crippen molar-refractivity contribution in [2.24, 2.45) is 0 Å². The van der Waals surface area contributed by atoms with Crippen molar-refractivity contribution in [2.45, 2.75) is 39.7 Å². The first-order valence-electron chi connectivity index (χ1n) is 11.5. The first-order valence-corrected chi connectivity index (χ1v) is 12.3. The molecule has 0 bridgehead atoms. The van der Waals surface area contributed by atoms with Gasteiger partial charge in [0.15, 0.2) is 5.13 Å². The number of rotatable bonds is 4. The number of aliphatic hydroxyl groups is 1. The molecule has 3 heterocycles. The summed E-state index contributed by atoms with van der Waals surface area (Å²) < 4.78 is 0.933. The molecule has 1 unspecified atom stereocenters. The molecule has 1 amide bonds. The van der Waals surface area contributed by atoms with Gasteiger partial charge in [0.05, 0.1) is 21.5 Å². The summed E-state index contributed by atoms with van der Waals surface area (Å²) in [4.78, 5) is 37.3. The van der Waals surface area contributed by atoms with Gasteiger partial charge >= 0.3 is 5.91 Å². The van der Waals surface area contributed by atoms with Crippen LogP contribution in [0, 0.1) is 13.8 Å². The number of pyridine rings is 1. The van der Waals surface area contributed by atoms with E-state index in [4.69, 9.17) is 4.98 Å². The minimum atomic E-state index is -0.888. The lowest BCUT2D eigenvalue weighted by atomic mass is 9.95. The second-order valence-electron chi connectivity index (χ2n) is 9.12. The zero-order valence-electron chi connectivity index (χ0n) is 19.9. The lowest BCUT2D eigenvalue weighted by molar-refractivity contribution is -0.132. The average Bonchev–Trinajstić information content (AvgIpc) is 3.38. The molecule has 1 saturated heterocycles. The number of carbonyl (C=O) groups is 2. The SMILES string of the molecule is Cc1ccc(C)c(/C(O)=C2\C(=O)C(=O)N(c3nc4ccc(C(C)C)cc4s3)C2c2ccccn2)c1. The van der Waals surface area contributed by atoms with Crippen LogP contribution >= 0.6 is 11.3 Å². The number of fused-ring (bicyclic) bond motifs is 1. The Kier molecular flexibility index (Phi) is 5.73. The Hall–Kier alpha value is -3.84. The van der Waals surface area contributed by atoms with Gasteiger partial charge in [-0.1, -0.05) is 55.0 Å². The third-order valence-corrected chi connectivity index (χ3v) is 7.35. The van der Waals surface area contributed by atoms with E-state index in [1.807, 2.05) is 44.2 Å². The molecule has 0 radical (unpaired) electrons. The molecule has 35 heavy (non-hydrogen) atoms. The molecule has 0 spiro atoms. The van der Waals surface area contributed by atoms with E-state index in [0.717, 1.165) is 21.3 Å². The smallest absolute Gasteiger partial charge is 0.301 e. The van der Waals surface area contributed by atoms with Crippen molar-refractivity contribution in [1.82, 2.24) is 9.97 Å². The van der Waals surface area contributed by atoms with Gasteiger partial charge in [0.2, 0.25) is 0 Å². The van der Waals surface area contributed by atoms with Gasteiger partial charge in [-0.3, -0.25) is 19.5 Å². The Morgan fingerprint density at radius 2 is 1.86 bits per heavy atom. The number of aryl methyl sites for hydroxylation is 2. The van der Waals surface area contributed by atoms with Crippen molar-refractivity contribution in [3.63, 3.8) is 0 Å². The Bertz CT molecular complexity index is 1500. The number of thiazole rings is 1. The number of anilines is 1. The maximum absolute atomic E-state index is 13.4. The minimum Gasteiger partial charge on any atom is -0.507 e. The summed E-state index contributed by atoms with van der Waals surface area (Å²) >= 11 is 1.36. The van der Waals surface area contributed by atoms with Crippen LogP contribution in [0.1, 0.15) is 53.8 Å². The number of benzene rings is 2. The van der Waals surface area contributed by atoms with Gasteiger partial charge in [-0.25, -0.2) is 4.98 Å². The van der Waals surface area contributed by atoms with E-state index in [1.165, 1.54) is 21.8 Å². The summed E-state index contributed by atoms with van der Waals surface area (Å²) in [6.45, 7) is 8.02. The predicted molar refractivity (Wildman–Crippen MR) is 139 cm³/mol. The number of ketones is 1. The molecule has 4 aromatic rings. The summed E-state index contributed by atoms with van der Waals surface area (Å²) in [5.41, 5.74) is 4.70. The summed E-state index contributed by atoms with van der Waals surface area (Å²) in [5.74, 6) is -1.33. The highest BCUT2D eigenvalue weighted by molar-refractivity contribution is 7.22. The lowest BCUT2D eigenvalue weighted by Crippen LogP contribution is -2.29. The van der Waals surface area contributed by atoms with Crippen molar-refractivity contribution in [1.29, 1.82) is 0 Å². The second-order valence-corrected chi connectivity index (χ2v) is 10.1. The van der Waals surface area contributed by atoms with Crippen LogP contribution in [0.4, 0.5) is 5.13 Å². The topological polar surface area (TPSA) is 83.4 Å². The highest BCUT2D eigenvalue weighted by atomic mass is 32.1. The fourth-order valence-corrected chi connectivity index (χ4v) is 5.42. The third kappa shape index (κ3) is 3.91. The van der Waals surface area contributed by atoms with Crippen LogP contribution in [-0.2, 0) is 9.59 Å². The molecule has 2 aromatic heterocycles. The van der Waals surface area contributed by atoms with Crippen LogP contribution in [0.15, 0.2) is 66.4 Å². The van der Waals surface area contributed by atoms with Crippen molar-refractivity contribution in [2.75, 3.05) is 4.90 Å². The lowest BCUT2D eigenvalue weighted by Gasteiger charge is -2.22. The average molecular weight is 484 g/mol. The Morgan fingerprint density at radius 1 is 1.06 bits per heavy atom. The highest BCUT2D eigenvalue weighted by Crippen LogP contribution is 2.44. The van der Waals surface area contributed by atoms with Crippen LogP contribution in [0.5, 0.6) is 0 Å². The third-order valence-electron chi connectivity index (χ3n) is 6.33. The molecular formula is C28H25N3O3S. The van der Waals surface area contributed by atoms with Crippen molar-refractivity contribution >= 4 is 44.1 Å². The van der Waals surface area contributed by atoms with Crippen LogP contribution in [0.25, 0.3) is 16.0 Å². The standard InChI is InChI=1S/C28H25N3O3S/c1-15(2)18-10-11-20-22(14-18)35-28(30-20)31-24(21-7-5-6-12-29-21)23(26(33)27(31)34)25(32)19-13-16(3)8-9-17(19)4/h5-15,24,32H,1-4H3/b25-23+. The number of hydrogen-bond donors (Lipinski definition) is 1. The van der Waals surface area contributed by atoms with Crippen molar-refractivity contribution < 1.29 is 14.7 Å². The fourth-order valence-electron chi connectivity index (χ4n) is 4.37. The van der Waals surface area contributed by atoms with Gasteiger partial charge in [-0.2, -0.15) is 0 Å². The summed E-state index contributed by atoms with van der Waals surface area (Å²) in [7, 11) is 0. The minimum absolute atomic E-state index is 0.0181. The molecule has 1 N–H and O–H groups in total. The predicted octanol–water partition coefficient (Wildman–Crippen LogP) is 6.06. The zero-order chi connectivity index (χ0) is 24.9. The van der Waals surface area contributed by atoms with E-state index in [9.17, 15) is 14.7 Å². The first-order chi connectivity index (χ1) is 16.8. The number of hydrogen-bond acceptors (Lipinski definition) is 6. The van der Waals surface area contributed by atoms with Gasteiger partial charge in [-0.15, -0.1) is 0 Å². The molecule has 1 fully saturated rings. The molecule has 0 saturated carbocycles. The summed E-state index contributed by atoms with van der Waals surface area (Å²) in [6, 6.07) is 16.1. The molecule has 6 nitrogen and oxygen atoms in total. The molecule has 1 aliphatic rings. The maximum Gasteiger partial charge on any atom is 0.301 e. The summed E-state index contributed by atoms with van der Waals surface area (Å²) in [5, 5.41) is 11.8. The molecule has 1 aliphatic heterocycles. The number of carbonyl (C=O) groups excluding carboxylic acids is 2. The molecular weight excluding hydrogens is 458 g/mol. The zero-order valence-corrected chi connectivity index (χ0v) is 20.8. The van der Waals surface area contributed by atoms with Gasteiger partial charge in [0, 0.05) is 11.8 Å². The normalized spacial score (nSPS) is 17.6. The fraction of sp³-hybridized carbons (Fsp3) is 0.214. The number of aliphatic hydroxyl groups excluding tert-OH is 1. The molecule has 2 aromatic carbocycles. The van der Waals surface area contributed by atoms with Gasteiger partial charge in [0.25, 0.3) is 5.78 Å². The Morgan fingerprint density at radius 3 is 2.57 bits per heavy atom. The molecule has 1 atom stereocenters. The molecule has 0 aliphatic carbocycles. The van der Waals surface area contributed by atoms with Gasteiger partial charge < -0.3 is 5.11 Å². The quantitative estimate of drug-likeness (QED) is 0.217. The Balaban J connectivity index is 1.72. The number of Topliss-reactive ketones (excluding diaryl/α,β-unsaturated/α-hetero) is 1. The Labute approximate surface area is 207 Å². The van der Waals surface area contributed by atoms with E-state index < -0.39 is 17.7 Å². The van der Waals surface area contributed by atoms with Crippen LogP contribution in [-0.4, -0.2) is 26.8 Å². The van der Waals surface area contributed by atoms with E-state index in [2.05, 4.69) is 24.9 Å². The van der Waals surface area contributed by atoms with E-state index in [0.29, 0.717) is 22.3 Å². The van der Waals surface area contributed by atoms with Crippen LogP contribution in [0.2, 0.25) is 0 Å². The largest absolute Gasteiger partial charge is 0.507 e. The van der Waals surface area contributed by atoms with Crippen LogP contribution in [0.3, 0.4) is 0 Å².